The largest absolute Gasteiger partial charge is 0.491 e. The smallest absolute Gasteiger partial charge is 0.220 e. The van der Waals surface area contributed by atoms with Crippen molar-refractivity contribution in [2.24, 2.45) is 11.3 Å². The molecule has 1 unspecified atom stereocenters. The van der Waals surface area contributed by atoms with Gasteiger partial charge in [-0.2, -0.15) is 0 Å². The van der Waals surface area contributed by atoms with Crippen molar-refractivity contribution in [3.63, 3.8) is 0 Å². The summed E-state index contributed by atoms with van der Waals surface area (Å²) in [5, 5.41) is 13.0. The Hall–Kier alpha value is -2.10. The second-order valence-corrected chi connectivity index (χ2v) is 8.76. The molecule has 1 fully saturated rings. The SMILES string of the molecule is CNC(=O)CC1CCN(CC(O)COc2cc(F)cc(C#CC(C)(C)C)c2)CC1. The van der Waals surface area contributed by atoms with Crippen molar-refractivity contribution in [3.8, 4) is 17.6 Å². The van der Waals surface area contributed by atoms with Crippen LogP contribution in [0.1, 0.15) is 45.6 Å². The summed E-state index contributed by atoms with van der Waals surface area (Å²) >= 11 is 0. The maximum Gasteiger partial charge on any atom is 0.220 e. The Labute approximate surface area is 173 Å². The van der Waals surface area contributed by atoms with Gasteiger partial charge < -0.3 is 20.1 Å². The third-order valence-corrected chi connectivity index (χ3v) is 4.82. The molecule has 1 heterocycles. The van der Waals surface area contributed by atoms with E-state index in [2.05, 4.69) is 22.1 Å². The molecule has 1 amide bonds. The Morgan fingerprint density at radius 1 is 1.34 bits per heavy atom. The van der Waals surface area contributed by atoms with Gasteiger partial charge >= 0.3 is 0 Å². The topological polar surface area (TPSA) is 61.8 Å². The number of aliphatic hydroxyl groups excluding tert-OH is 1. The summed E-state index contributed by atoms with van der Waals surface area (Å²) in [7, 11) is 1.66. The van der Waals surface area contributed by atoms with Crippen LogP contribution in [-0.4, -0.2) is 55.3 Å². The van der Waals surface area contributed by atoms with Crippen molar-refractivity contribution >= 4 is 5.91 Å². The van der Waals surface area contributed by atoms with Crippen molar-refractivity contribution < 1.29 is 19.0 Å². The number of β-amino-alcohol motifs (C(OH)–C–C–N with tert-alkyl or cyclic N) is 1. The zero-order chi connectivity index (χ0) is 21.4. The second-order valence-electron chi connectivity index (χ2n) is 8.76. The van der Waals surface area contributed by atoms with Crippen LogP contribution in [0.15, 0.2) is 18.2 Å². The van der Waals surface area contributed by atoms with Crippen molar-refractivity contribution in [2.75, 3.05) is 33.3 Å². The number of benzene rings is 1. The number of halogens is 1. The first-order valence-electron chi connectivity index (χ1n) is 10.2. The summed E-state index contributed by atoms with van der Waals surface area (Å²) in [5.74, 6) is 6.49. The Morgan fingerprint density at radius 2 is 2.03 bits per heavy atom. The number of hydrogen-bond acceptors (Lipinski definition) is 4. The second kappa shape index (κ2) is 10.6. The lowest BCUT2D eigenvalue weighted by atomic mass is 9.93. The molecule has 0 aromatic heterocycles. The highest BCUT2D eigenvalue weighted by atomic mass is 19.1. The minimum atomic E-state index is -0.669. The highest BCUT2D eigenvalue weighted by molar-refractivity contribution is 5.75. The average Bonchev–Trinajstić information content (AvgIpc) is 2.65. The summed E-state index contributed by atoms with van der Waals surface area (Å²) in [5.41, 5.74) is 0.389. The van der Waals surface area contributed by atoms with E-state index in [0.717, 1.165) is 25.9 Å². The maximum absolute atomic E-state index is 13.9. The van der Waals surface area contributed by atoms with Gasteiger partial charge in [-0.25, -0.2) is 4.39 Å². The summed E-state index contributed by atoms with van der Waals surface area (Å²) in [4.78, 5) is 13.7. The molecule has 2 N–H and O–H groups in total. The minimum Gasteiger partial charge on any atom is -0.491 e. The summed E-state index contributed by atoms with van der Waals surface area (Å²) in [6.45, 7) is 8.28. The Kier molecular flexibility index (Phi) is 8.48. The van der Waals surface area contributed by atoms with E-state index in [9.17, 15) is 14.3 Å². The quantitative estimate of drug-likeness (QED) is 0.686. The third kappa shape index (κ3) is 8.84. The number of carbonyl (C=O) groups is 1. The van der Waals surface area contributed by atoms with Crippen molar-refractivity contribution in [1.29, 1.82) is 0 Å². The standard InChI is InChI=1S/C23H33FN2O3/c1-23(2,3)8-5-18-11-19(24)14-21(12-18)29-16-20(27)15-26-9-6-17(7-10-26)13-22(28)25-4/h11-12,14,17,20,27H,6-7,9-10,13,15-16H2,1-4H3,(H,25,28). The number of likely N-dealkylation sites (tertiary alicyclic amines) is 1. The van der Waals surface area contributed by atoms with E-state index in [4.69, 9.17) is 4.74 Å². The Morgan fingerprint density at radius 3 is 2.66 bits per heavy atom. The summed E-state index contributed by atoms with van der Waals surface area (Å²) in [6.07, 6.45) is 1.79. The van der Waals surface area contributed by atoms with E-state index in [1.165, 1.54) is 12.1 Å². The van der Waals surface area contributed by atoms with Gasteiger partial charge in [0.25, 0.3) is 0 Å². The van der Waals surface area contributed by atoms with E-state index in [1.54, 1.807) is 13.1 Å². The predicted octanol–water partition coefficient (Wildman–Crippen LogP) is 2.81. The van der Waals surface area contributed by atoms with Gasteiger partial charge in [0.2, 0.25) is 5.91 Å². The van der Waals surface area contributed by atoms with Crippen molar-refractivity contribution in [2.45, 2.75) is 46.1 Å². The van der Waals surface area contributed by atoms with Gasteiger partial charge in [-0.05, 0) is 64.8 Å². The van der Waals surface area contributed by atoms with E-state index in [-0.39, 0.29) is 17.9 Å². The highest BCUT2D eigenvalue weighted by Crippen LogP contribution is 2.21. The van der Waals surface area contributed by atoms with Gasteiger partial charge in [0, 0.05) is 37.1 Å². The van der Waals surface area contributed by atoms with Crippen LogP contribution < -0.4 is 10.1 Å². The zero-order valence-corrected chi connectivity index (χ0v) is 17.9. The Bertz CT molecular complexity index is 741. The fraction of sp³-hybridized carbons (Fsp3) is 0.609. The minimum absolute atomic E-state index is 0.0820. The molecule has 0 radical (unpaired) electrons. The molecule has 1 saturated heterocycles. The molecule has 29 heavy (non-hydrogen) atoms. The lowest BCUT2D eigenvalue weighted by Gasteiger charge is -2.32. The molecule has 1 aromatic carbocycles. The molecule has 0 saturated carbocycles. The van der Waals surface area contributed by atoms with Gasteiger partial charge in [-0.1, -0.05) is 11.8 Å². The monoisotopic (exact) mass is 404 g/mol. The third-order valence-electron chi connectivity index (χ3n) is 4.82. The number of carbonyl (C=O) groups excluding carboxylic acids is 1. The lowest BCUT2D eigenvalue weighted by molar-refractivity contribution is -0.121. The number of amides is 1. The lowest BCUT2D eigenvalue weighted by Crippen LogP contribution is -2.41. The Balaban J connectivity index is 1.81. The van der Waals surface area contributed by atoms with Gasteiger partial charge in [-0.3, -0.25) is 4.79 Å². The van der Waals surface area contributed by atoms with Crippen LogP contribution in [0, 0.1) is 29.0 Å². The molecule has 1 atom stereocenters. The number of hydrogen-bond donors (Lipinski definition) is 2. The molecule has 0 aliphatic carbocycles. The predicted molar refractivity (Wildman–Crippen MR) is 112 cm³/mol. The van der Waals surface area contributed by atoms with Crippen molar-refractivity contribution in [1.82, 2.24) is 10.2 Å². The normalized spacial score (nSPS) is 16.6. The van der Waals surface area contributed by atoms with Crippen LogP contribution in [0.25, 0.3) is 0 Å². The number of aliphatic hydroxyl groups is 1. The van der Waals surface area contributed by atoms with Crippen LogP contribution >= 0.6 is 0 Å². The fourth-order valence-electron chi connectivity index (χ4n) is 3.26. The summed E-state index contributed by atoms with van der Waals surface area (Å²) < 4.78 is 19.5. The molecule has 2 rings (SSSR count). The summed E-state index contributed by atoms with van der Waals surface area (Å²) in [6, 6.07) is 4.38. The van der Waals surface area contributed by atoms with Gasteiger partial charge in [0.1, 0.15) is 24.3 Å². The maximum atomic E-state index is 13.9. The first kappa shape index (κ1) is 23.2. The molecule has 5 nitrogen and oxygen atoms in total. The van der Waals surface area contributed by atoms with E-state index >= 15 is 0 Å². The van der Waals surface area contributed by atoms with E-state index in [0.29, 0.717) is 30.2 Å². The number of piperidine rings is 1. The number of ether oxygens (including phenoxy) is 1. The molecular weight excluding hydrogens is 371 g/mol. The van der Waals surface area contributed by atoms with Crippen LogP contribution in [0.2, 0.25) is 0 Å². The molecule has 1 aromatic rings. The van der Waals surface area contributed by atoms with E-state index in [1.807, 2.05) is 20.8 Å². The molecule has 160 valence electrons. The molecule has 6 heteroatoms. The van der Waals surface area contributed by atoms with Gasteiger partial charge in [-0.15, -0.1) is 0 Å². The zero-order valence-electron chi connectivity index (χ0n) is 17.9. The number of nitrogens with zero attached hydrogens (tertiary/aromatic N) is 1. The number of rotatable bonds is 7. The molecular formula is C23H33FN2O3. The van der Waals surface area contributed by atoms with Crippen molar-refractivity contribution in [3.05, 3.63) is 29.6 Å². The van der Waals surface area contributed by atoms with Gasteiger partial charge in [0.05, 0.1) is 0 Å². The van der Waals surface area contributed by atoms with Crippen LogP contribution in [0.5, 0.6) is 5.75 Å². The van der Waals surface area contributed by atoms with Crippen LogP contribution in [0.4, 0.5) is 4.39 Å². The average molecular weight is 405 g/mol. The first-order chi connectivity index (χ1) is 13.6. The highest BCUT2D eigenvalue weighted by Gasteiger charge is 2.22. The molecule has 1 aliphatic heterocycles. The molecule has 0 bridgehead atoms. The molecule has 1 aliphatic rings. The van der Waals surface area contributed by atoms with Gasteiger partial charge in [0.15, 0.2) is 0 Å². The first-order valence-corrected chi connectivity index (χ1v) is 10.2. The molecule has 0 spiro atoms. The number of nitrogens with one attached hydrogen (secondary N) is 1. The van der Waals surface area contributed by atoms with Crippen LogP contribution in [-0.2, 0) is 4.79 Å². The van der Waals surface area contributed by atoms with Crippen LogP contribution in [0.3, 0.4) is 0 Å². The van der Waals surface area contributed by atoms with E-state index < -0.39 is 11.9 Å². The fourth-order valence-corrected chi connectivity index (χ4v) is 3.26.